The van der Waals surface area contributed by atoms with Gasteiger partial charge in [0.05, 0.1) is 10.6 Å². The van der Waals surface area contributed by atoms with Crippen LogP contribution in [-0.4, -0.2) is 39.2 Å². The van der Waals surface area contributed by atoms with Gasteiger partial charge in [-0.3, -0.25) is 9.21 Å². The number of rotatable bonds is 6. The van der Waals surface area contributed by atoms with Crippen molar-refractivity contribution < 1.29 is 26.7 Å². The monoisotopic (exact) mass is 500 g/mol. The second-order valence-electron chi connectivity index (χ2n) is 8.90. The fourth-order valence-electron chi connectivity index (χ4n) is 4.66. The molecule has 9 heteroatoms. The lowest BCUT2D eigenvalue weighted by molar-refractivity contribution is 0.174. The molecule has 3 aromatic rings. The smallest absolute Gasteiger partial charge is 0.264 e. The molecule has 2 heterocycles. The van der Waals surface area contributed by atoms with Gasteiger partial charge in [0.1, 0.15) is 11.6 Å². The van der Waals surface area contributed by atoms with Crippen LogP contribution in [0.25, 0.3) is 0 Å². The lowest BCUT2D eigenvalue weighted by atomic mass is 10.0. The Bertz CT molecular complexity index is 1340. The predicted octanol–water partition coefficient (Wildman–Crippen LogP) is 4.86. The van der Waals surface area contributed by atoms with E-state index in [1.807, 2.05) is 13.0 Å². The number of hydrogen-bond acceptors (Lipinski definition) is 5. The van der Waals surface area contributed by atoms with Crippen LogP contribution in [0.15, 0.2) is 65.6 Å². The largest absolute Gasteiger partial charge is 0.454 e. The molecule has 2 aliphatic rings. The first-order valence-corrected chi connectivity index (χ1v) is 12.9. The molecule has 5 rings (SSSR count). The summed E-state index contributed by atoms with van der Waals surface area (Å²) in [5, 5.41) is 0. The zero-order chi connectivity index (χ0) is 24.6. The molecule has 35 heavy (non-hydrogen) atoms. The van der Waals surface area contributed by atoms with E-state index in [0.717, 1.165) is 11.6 Å². The van der Waals surface area contributed by atoms with E-state index in [0.29, 0.717) is 55.2 Å². The van der Waals surface area contributed by atoms with E-state index in [4.69, 9.17) is 9.47 Å². The Morgan fingerprint density at radius 3 is 2.49 bits per heavy atom. The van der Waals surface area contributed by atoms with E-state index in [2.05, 4.69) is 4.90 Å². The van der Waals surface area contributed by atoms with Crippen LogP contribution in [0.5, 0.6) is 11.5 Å². The summed E-state index contributed by atoms with van der Waals surface area (Å²) in [5.74, 6) is -0.0872. The Kier molecular flexibility index (Phi) is 6.37. The summed E-state index contributed by atoms with van der Waals surface area (Å²) in [6.07, 6.45) is 1.12. The van der Waals surface area contributed by atoms with Crippen molar-refractivity contribution in [3.63, 3.8) is 0 Å². The Morgan fingerprint density at radius 2 is 1.74 bits per heavy atom. The standard InChI is InChI=1S/C26H26F2N2O4S/c1-18-3-2-4-23(13-18)35(31,32)30(22-7-8-25-26(15-22)34-17-33-25)21-9-11-29(12-10-21)16-19-5-6-20(27)14-24(19)28/h2-8,13-15,21H,9-12,16-17H2,1H3. The van der Waals surface area contributed by atoms with Crippen LogP contribution in [0, 0.1) is 18.6 Å². The number of sulfonamides is 1. The van der Waals surface area contributed by atoms with E-state index in [1.54, 1.807) is 36.4 Å². The number of hydrogen-bond donors (Lipinski definition) is 0. The topological polar surface area (TPSA) is 59.1 Å². The van der Waals surface area contributed by atoms with Crippen molar-refractivity contribution in [2.45, 2.75) is 37.2 Å². The Labute approximate surface area is 203 Å². The SMILES string of the molecule is Cc1cccc(S(=O)(=O)N(c2ccc3c(c2)OCO3)C2CCN(Cc3ccc(F)cc3F)CC2)c1. The van der Waals surface area contributed by atoms with Gasteiger partial charge in [-0.05, 0) is 55.7 Å². The number of fused-ring (bicyclic) bond motifs is 1. The predicted molar refractivity (Wildman–Crippen MR) is 128 cm³/mol. The maximum absolute atomic E-state index is 14.1. The summed E-state index contributed by atoms with van der Waals surface area (Å²) in [6, 6.07) is 15.3. The molecule has 0 unspecified atom stereocenters. The fourth-order valence-corrected chi connectivity index (χ4v) is 6.47. The molecule has 0 amide bonds. The molecule has 0 spiro atoms. The van der Waals surface area contributed by atoms with Crippen LogP contribution in [0.3, 0.4) is 0 Å². The van der Waals surface area contributed by atoms with Gasteiger partial charge in [-0.1, -0.05) is 18.2 Å². The number of piperidine rings is 1. The van der Waals surface area contributed by atoms with Crippen molar-refractivity contribution in [1.29, 1.82) is 0 Å². The van der Waals surface area contributed by atoms with Gasteiger partial charge >= 0.3 is 0 Å². The molecule has 3 aromatic carbocycles. The van der Waals surface area contributed by atoms with Crippen LogP contribution in [0.4, 0.5) is 14.5 Å². The zero-order valence-electron chi connectivity index (χ0n) is 19.3. The van der Waals surface area contributed by atoms with Crippen LogP contribution in [0.1, 0.15) is 24.0 Å². The second kappa shape index (κ2) is 9.47. The molecule has 0 aromatic heterocycles. The van der Waals surface area contributed by atoms with Crippen molar-refractivity contribution >= 4 is 15.7 Å². The highest BCUT2D eigenvalue weighted by Crippen LogP contribution is 2.39. The quantitative estimate of drug-likeness (QED) is 0.484. The maximum Gasteiger partial charge on any atom is 0.264 e. The van der Waals surface area contributed by atoms with Gasteiger partial charge in [-0.15, -0.1) is 0 Å². The van der Waals surface area contributed by atoms with Crippen LogP contribution < -0.4 is 13.8 Å². The van der Waals surface area contributed by atoms with Gasteiger partial charge in [0, 0.05) is 43.4 Å². The number of anilines is 1. The van der Waals surface area contributed by atoms with Gasteiger partial charge < -0.3 is 9.47 Å². The number of ether oxygens (including phenoxy) is 2. The summed E-state index contributed by atoms with van der Waals surface area (Å²) in [4.78, 5) is 2.29. The van der Waals surface area contributed by atoms with Gasteiger partial charge in [0.25, 0.3) is 10.0 Å². The van der Waals surface area contributed by atoms with Crippen molar-refractivity contribution in [2.24, 2.45) is 0 Å². The maximum atomic E-state index is 14.1. The highest BCUT2D eigenvalue weighted by Gasteiger charge is 2.35. The highest BCUT2D eigenvalue weighted by atomic mass is 32.2. The van der Waals surface area contributed by atoms with Crippen molar-refractivity contribution in [3.05, 3.63) is 83.4 Å². The first-order valence-electron chi connectivity index (χ1n) is 11.5. The summed E-state index contributed by atoms with van der Waals surface area (Å²) >= 11 is 0. The third-order valence-corrected chi connectivity index (χ3v) is 8.33. The summed E-state index contributed by atoms with van der Waals surface area (Å²) in [5.41, 5.74) is 1.79. The normalized spacial score (nSPS) is 16.4. The van der Waals surface area contributed by atoms with E-state index >= 15 is 0 Å². The third kappa shape index (κ3) is 4.83. The fraction of sp³-hybridized carbons (Fsp3) is 0.308. The number of nitrogens with zero attached hydrogens (tertiary/aromatic N) is 2. The molecule has 1 fully saturated rings. The van der Waals surface area contributed by atoms with E-state index in [-0.39, 0.29) is 17.7 Å². The average Bonchev–Trinajstić information content (AvgIpc) is 3.30. The first kappa shape index (κ1) is 23.6. The minimum Gasteiger partial charge on any atom is -0.454 e. The molecule has 0 N–H and O–H groups in total. The van der Waals surface area contributed by atoms with Gasteiger partial charge in [0.2, 0.25) is 6.79 Å². The Morgan fingerprint density at radius 1 is 0.971 bits per heavy atom. The molecule has 6 nitrogen and oxygen atoms in total. The molecule has 0 aliphatic carbocycles. The number of benzene rings is 3. The molecule has 184 valence electrons. The number of aryl methyl sites for hydroxylation is 1. The molecule has 0 radical (unpaired) electrons. The van der Waals surface area contributed by atoms with E-state index in [9.17, 15) is 17.2 Å². The molecule has 1 saturated heterocycles. The van der Waals surface area contributed by atoms with Gasteiger partial charge in [0.15, 0.2) is 11.5 Å². The van der Waals surface area contributed by atoms with Crippen LogP contribution >= 0.6 is 0 Å². The molecule has 0 bridgehead atoms. The van der Waals surface area contributed by atoms with Crippen molar-refractivity contribution in [1.82, 2.24) is 4.90 Å². The molecule has 0 atom stereocenters. The Hall–Kier alpha value is -3.17. The summed E-state index contributed by atoms with van der Waals surface area (Å²) in [7, 11) is -3.86. The molecular formula is C26H26F2N2O4S. The minimum atomic E-state index is -3.86. The number of halogens is 2. The van der Waals surface area contributed by atoms with E-state index in [1.165, 1.54) is 16.4 Å². The molecule has 2 aliphatic heterocycles. The highest BCUT2D eigenvalue weighted by molar-refractivity contribution is 7.92. The van der Waals surface area contributed by atoms with Crippen LogP contribution in [0.2, 0.25) is 0 Å². The van der Waals surface area contributed by atoms with Crippen molar-refractivity contribution in [3.8, 4) is 11.5 Å². The van der Waals surface area contributed by atoms with E-state index < -0.39 is 21.7 Å². The summed E-state index contributed by atoms with van der Waals surface area (Å²) in [6.45, 7) is 3.45. The second-order valence-corrected chi connectivity index (χ2v) is 10.7. The summed E-state index contributed by atoms with van der Waals surface area (Å²) < 4.78 is 67.6. The lowest BCUT2D eigenvalue weighted by Crippen LogP contribution is -2.47. The van der Waals surface area contributed by atoms with Crippen molar-refractivity contribution in [2.75, 3.05) is 24.2 Å². The first-order chi connectivity index (χ1) is 16.8. The third-order valence-electron chi connectivity index (χ3n) is 6.45. The molecule has 0 saturated carbocycles. The molecular weight excluding hydrogens is 474 g/mol. The zero-order valence-corrected chi connectivity index (χ0v) is 20.1. The lowest BCUT2D eigenvalue weighted by Gasteiger charge is -2.39. The van der Waals surface area contributed by atoms with Gasteiger partial charge in [-0.2, -0.15) is 0 Å². The minimum absolute atomic E-state index is 0.0990. The van der Waals surface area contributed by atoms with Crippen LogP contribution in [-0.2, 0) is 16.6 Å². The number of likely N-dealkylation sites (tertiary alicyclic amines) is 1. The van der Waals surface area contributed by atoms with Gasteiger partial charge in [-0.25, -0.2) is 17.2 Å². The average molecular weight is 501 g/mol. The Balaban J connectivity index is 1.42.